The number of carbonyl (C=O) groups is 1. The Kier molecular flexibility index (Phi) is 5.42. The summed E-state index contributed by atoms with van der Waals surface area (Å²) in [5.74, 6) is 1.44. The highest BCUT2D eigenvalue weighted by atomic mass is 19.4. The fraction of sp³-hybridized carbons (Fsp3) is 0.619. The first-order valence-electron chi connectivity index (χ1n) is 11.2. The van der Waals surface area contributed by atoms with Crippen LogP contribution in [0.5, 0.6) is 0 Å². The SMILES string of the molecule is CC1CC(N2CCN(CC3CC3)CC2)=Nc2c(C(=O)Nc3cn(C)nc3C(F)(F)F)cnn21. The number of carbonyl (C=O) groups excluding carboxylic acids is 1. The summed E-state index contributed by atoms with van der Waals surface area (Å²) in [6, 6.07) is -0.0114. The fourth-order valence-electron chi connectivity index (χ4n) is 4.50. The number of nitrogens with zero attached hydrogens (tertiary/aromatic N) is 7. The van der Waals surface area contributed by atoms with Crippen molar-refractivity contribution < 1.29 is 18.0 Å². The number of halogens is 3. The molecule has 1 amide bonds. The Labute approximate surface area is 189 Å². The Bertz CT molecular complexity index is 1080. The van der Waals surface area contributed by atoms with Crippen LogP contribution in [0.1, 0.15) is 48.3 Å². The Balaban J connectivity index is 1.34. The van der Waals surface area contributed by atoms with Crippen LogP contribution in [0.15, 0.2) is 17.4 Å². The molecule has 33 heavy (non-hydrogen) atoms. The third-order valence-corrected chi connectivity index (χ3v) is 6.44. The maximum absolute atomic E-state index is 13.3. The molecule has 9 nitrogen and oxygen atoms in total. The van der Waals surface area contributed by atoms with Crippen LogP contribution < -0.4 is 5.32 Å². The molecule has 1 atom stereocenters. The van der Waals surface area contributed by atoms with Crippen LogP contribution in [-0.2, 0) is 13.2 Å². The first kappa shape index (κ1) is 21.9. The predicted octanol–water partition coefficient (Wildman–Crippen LogP) is 2.91. The minimum Gasteiger partial charge on any atom is -0.357 e. The van der Waals surface area contributed by atoms with Crippen LogP contribution in [0, 0.1) is 5.92 Å². The van der Waals surface area contributed by atoms with Gasteiger partial charge in [0.25, 0.3) is 5.91 Å². The molecular weight excluding hydrogens is 437 g/mol. The molecular formula is C21H27F3N8O. The maximum Gasteiger partial charge on any atom is 0.437 e. The maximum atomic E-state index is 13.3. The van der Waals surface area contributed by atoms with Crippen LogP contribution in [0.4, 0.5) is 24.7 Å². The quantitative estimate of drug-likeness (QED) is 0.752. The summed E-state index contributed by atoms with van der Waals surface area (Å²) in [5.41, 5.74) is -1.39. The van der Waals surface area contributed by atoms with E-state index in [1.807, 2.05) is 6.92 Å². The number of hydrogen-bond acceptors (Lipinski definition) is 6. The van der Waals surface area contributed by atoms with E-state index in [4.69, 9.17) is 4.99 Å². The number of rotatable bonds is 4. The molecule has 3 aliphatic rings. The number of anilines is 1. The summed E-state index contributed by atoms with van der Waals surface area (Å²) in [4.78, 5) is 22.4. The van der Waals surface area contributed by atoms with Crippen LogP contribution in [0.2, 0.25) is 0 Å². The van der Waals surface area contributed by atoms with Gasteiger partial charge in [-0.2, -0.15) is 23.4 Å². The summed E-state index contributed by atoms with van der Waals surface area (Å²) < 4.78 is 42.5. The van der Waals surface area contributed by atoms with Crippen LogP contribution in [0.3, 0.4) is 0 Å². The largest absolute Gasteiger partial charge is 0.437 e. The number of amidine groups is 1. The van der Waals surface area contributed by atoms with Gasteiger partial charge in [0.05, 0.1) is 17.9 Å². The molecule has 2 aliphatic heterocycles. The molecule has 2 fully saturated rings. The fourth-order valence-corrected chi connectivity index (χ4v) is 4.50. The summed E-state index contributed by atoms with van der Waals surface area (Å²) in [6.07, 6.45) is 1.19. The van der Waals surface area contributed by atoms with Crippen molar-refractivity contribution >= 4 is 23.2 Å². The second kappa shape index (κ2) is 8.15. The highest BCUT2D eigenvalue weighted by molar-refractivity contribution is 6.08. The number of nitrogens with one attached hydrogen (secondary N) is 1. The minimum atomic E-state index is -4.68. The zero-order valence-corrected chi connectivity index (χ0v) is 18.6. The van der Waals surface area contributed by atoms with Gasteiger partial charge in [-0.15, -0.1) is 0 Å². The lowest BCUT2D eigenvalue weighted by Crippen LogP contribution is -2.49. The van der Waals surface area contributed by atoms with Gasteiger partial charge >= 0.3 is 6.18 Å². The summed E-state index contributed by atoms with van der Waals surface area (Å²) in [5, 5.41) is 10.1. The number of piperazine rings is 1. The van der Waals surface area contributed by atoms with E-state index in [0.29, 0.717) is 12.2 Å². The molecule has 5 rings (SSSR count). The Morgan fingerprint density at radius 3 is 2.61 bits per heavy atom. The van der Waals surface area contributed by atoms with E-state index in [9.17, 15) is 18.0 Å². The summed E-state index contributed by atoms with van der Waals surface area (Å²) in [6.45, 7) is 6.88. The van der Waals surface area contributed by atoms with Crippen molar-refractivity contribution in [3.63, 3.8) is 0 Å². The van der Waals surface area contributed by atoms with E-state index < -0.39 is 23.5 Å². The van der Waals surface area contributed by atoms with Gasteiger partial charge in [0.1, 0.15) is 11.4 Å². The van der Waals surface area contributed by atoms with Gasteiger partial charge in [-0.1, -0.05) is 0 Å². The molecule has 0 radical (unpaired) electrons. The van der Waals surface area contributed by atoms with E-state index >= 15 is 0 Å². The molecule has 1 N–H and O–H groups in total. The van der Waals surface area contributed by atoms with Crippen LogP contribution in [-0.4, -0.2) is 73.8 Å². The molecule has 2 aromatic rings. The molecule has 178 valence electrons. The molecule has 1 aliphatic carbocycles. The normalized spacial score (nSPS) is 21.7. The smallest absolute Gasteiger partial charge is 0.357 e. The topological polar surface area (TPSA) is 83.6 Å². The lowest BCUT2D eigenvalue weighted by atomic mass is 10.1. The van der Waals surface area contributed by atoms with Gasteiger partial charge in [0, 0.05) is 52.4 Å². The number of alkyl halides is 3. The second-order valence-electron chi connectivity index (χ2n) is 9.16. The second-order valence-corrected chi connectivity index (χ2v) is 9.16. The van der Waals surface area contributed by atoms with Crippen LogP contribution >= 0.6 is 0 Å². The Hall–Kier alpha value is -2.89. The van der Waals surface area contributed by atoms with Gasteiger partial charge in [-0.25, -0.2) is 9.67 Å². The number of aliphatic imine (C=N–C) groups is 1. The highest BCUT2D eigenvalue weighted by Crippen LogP contribution is 2.35. The van der Waals surface area contributed by atoms with E-state index in [1.165, 1.54) is 32.6 Å². The average Bonchev–Trinajstić information content (AvgIpc) is 3.32. The number of aryl methyl sites for hydroxylation is 1. The molecule has 2 aromatic heterocycles. The molecule has 1 saturated carbocycles. The minimum absolute atomic E-state index is 0.0114. The Morgan fingerprint density at radius 1 is 1.21 bits per heavy atom. The van der Waals surface area contributed by atoms with Crippen molar-refractivity contribution in [3.8, 4) is 0 Å². The molecule has 1 unspecified atom stereocenters. The summed E-state index contributed by atoms with van der Waals surface area (Å²) >= 11 is 0. The van der Waals surface area contributed by atoms with Crippen molar-refractivity contribution in [2.45, 2.75) is 38.4 Å². The van der Waals surface area contributed by atoms with E-state index in [1.54, 1.807) is 4.68 Å². The van der Waals surface area contributed by atoms with Crippen molar-refractivity contribution in [2.24, 2.45) is 18.0 Å². The van der Waals surface area contributed by atoms with Crippen molar-refractivity contribution in [1.29, 1.82) is 0 Å². The van der Waals surface area contributed by atoms with Gasteiger partial charge in [0.15, 0.2) is 11.5 Å². The zero-order chi connectivity index (χ0) is 23.3. The first-order valence-corrected chi connectivity index (χ1v) is 11.2. The number of fused-ring (bicyclic) bond motifs is 1. The lowest BCUT2D eigenvalue weighted by Gasteiger charge is -2.38. The zero-order valence-electron chi connectivity index (χ0n) is 18.6. The van der Waals surface area contributed by atoms with Gasteiger partial charge in [-0.05, 0) is 25.7 Å². The third kappa shape index (κ3) is 4.48. The standard InChI is InChI=1S/C21H27F3N8O/c1-13-9-17(31-7-5-30(6-8-31)11-14-3-4-14)27-19-15(10-25-32(13)19)20(33)26-16-12-29(2)28-18(16)21(22,23)24/h10,12-14H,3-9,11H2,1-2H3,(H,26,33). The molecule has 4 heterocycles. The van der Waals surface area contributed by atoms with E-state index in [0.717, 1.165) is 48.8 Å². The monoisotopic (exact) mass is 464 g/mol. The molecule has 0 bridgehead atoms. The molecule has 1 saturated heterocycles. The lowest BCUT2D eigenvalue weighted by molar-refractivity contribution is -0.140. The van der Waals surface area contributed by atoms with Gasteiger partial charge in [-0.3, -0.25) is 14.4 Å². The van der Waals surface area contributed by atoms with Crippen molar-refractivity contribution in [3.05, 3.63) is 23.7 Å². The number of amides is 1. The van der Waals surface area contributed by atoms with Crippen molar-refractivity contribution in [2.75, 3.05) is 38.0 Å². The average molecular weight is 464 g/mol. The first-order chi connectivity index (χ1) is 15.7. The van der Waals surface area contributed by atoms with Gasteiger partial charge in [0.2, 0.25) is 0 Å². The number of aromatic nitrogens is 4. The molecule has 12 heteroatoms. The van der Waals surface area contributed by atoms with Crippen molar-refractivity contribution in [1.82, 2.24) is 29.4 Å². The highest BCUT2D eigenvalue weighted by Gasteiger charge is 2.38. The van der Waals surface area contributed by atoms with Crippen LogP contribution in [0.25, 0.3) is 0 Å². The predicted molar refractivity (Wildman–Crippen MR) is 116 cm³/mol. The molecule has 0 aromatic carbocycles. The molecule has 0 spiro atoms. The van der Waals surface area contributed by atoms with Gasteiger partial charge < -0.3 is 10.2 Å². The third-order valence-electron chi connectivity index (χ3n) is 6.44. The van der Waals surface area contributed by atoms with E-state index in [-0.39, 0.29) is 11.6 Å². The van der Waals surface area contributed by atoms with E-state index in [2.05, 4.69) is 25.3 Å². The number of hydrogen-bond donors (Lipinski definition) is 1. The Morgan fingerprint density at radius 2 is 1.94 bits per heavy atom. The summed E-state index contributed by atoms with van der Waals surface area (Å²) in [7, 11) is 1.37.